The Morgan fingerprint density at radius 1 is 1.26 bits per heavy atom. The molecule has 1 aromatic heterocycles. The molecule has 0 unspecified atom stereocenters. The summed E-state index contributed by atoms with van der Waals surface area (Å²) >= 11 is 10.8. The Balaban J connectivity index is 2.83. The number of anilines is 1. The van der Waals surface area contributed by atoms with E-state index in [2.05, 4.69) is 5.10 Å². The predicted octanol–water partition coefficient (Wildman–Crippen LogP) is 3.46. The molecule has 23 heavy (non-hydrogen) atoms. The highest BCUT2D eigenvalue weighted by Gasteiger charge is 2.30. The fourth-order valence-electron chi connectivity index (χ4n) is 1.71. The lowest BCUT2D eigenvalue weighted by Crippen LogP contribution is -2.14. The molecular formula is C11H5Cl2F3N4O3. The lowest BCUT2D eigenvalue weighted by Gasteiger charge is -2.12. The Morgan fingerprint density at radius 3 is 2.39 bits per heavy atom. The molecule has 0 saturated carbocycles. The SMILES string of the molecule is CC(=O)Nc1c([N+](=O)[O-])cnn1-c1c(F)c(F)c(Cl)c(F)c1Cl. The first kappa shape index (κ1) is 17.0. The molecule has 1 N–H and O–H groups in total. The average molecular weight is 369 g/mol. The van der Waals surface area contributed by atoms with Crippen LogP contribution < -0.4 is 5.32 Å². The van der Waals surface area contributed by atoms with Gasteiger partial charge in [0.2, 0.25) is 11.7 Å². The molecule has 0 aliphatic carbocycles. The fraction of sp³-hybridized carbons (Fsp3) is 0.0909. The number of nitro groups is 1. The van der Waals surface area contributed by atoms with E-state index < -0.39 is 55.5 Å². The number of amides is 1. The van der Waals surface area contributed by atoms with Gasteiger partial charge in [-0.2, -0.15) is 5.10 Å². The summed E-state index contributed by atoms with van der Waals surface area (Å²) < 4.78 is 41.8. The van der Waals surface area contributed by atoms with Gasteiger partial charge >= 0.3 is 5.69 Å². The molecule has 0 bridgehead atoms. The molecule has 7 nitrogen and oxygen atoms in total. The Hall–Kier alpha value is -2.33. The highest BCUT2D eigenvalue weighted by Crippen LogP contribution is 2.37. The van der Waals surface area contributed by atoms with Crippen molar-refractivity contribution in [1.29, 1.82) is 0 Å². The maximum atomic E-state index is 14.1. The summed E-state index contributed by atoms with van der Waals surface area (Å²) in [4.78, 5) is 21.1. The monoisotopic (exact) mass is 368 g/mol. The average Bonchev–Trinajstić information content (AvgIpc) is 2.86. The summed E-state index contributed by atoms with van der Waals surface area (Å²) in [6, 6.07) is 0. The lowest BCUT2D eigenvalue weighted by atomic mass is 10.2. The van der Waals surface area contributed by atoms with E-state index in [0.717, 1.165) is 6.92 Å². The second-order valence-electron chi connectivity index (χ2n) is 4.15. The van der Waals surface area contributed by atoms with Gasteiger partial charge in [-0.05, 0) is 0 Å². The van der Waals surface area contributed by atoms with Gasteiger partial charge in [0, 0.05) is 6.92 Å². The van der Waals surface area contributed by atoms with Gasteiger partial charge in [0.15, 0.2) is 17.5 Å². The second-order valence-corrected chi connectivity index (χ2v) is 4.90. The van der Waals surface area contributed by atoms with Gasteiger partial charge in [-0.25, -0.2) is 17.9 Å². The van der Waals surface area contributed by atoms with Crippen molar-refractivity contribution in [2.75, 3.05) is 5.32 Å². The van der Waals surface area contributed by atoms with Gasteiger partial charge in [0.05, 0.1) is 4.92 Å². The molecule has 1 heterocycles. The van der Waals surface area contributed by atoms with E-state index in [9.17, 15) is 28.1 Å². The van der Waals surface area contributed by atoms with Gasteiger partial charge in [-0.15, -0.1) is 0 Å². The standard InChI is InChI=1S/C11H5Cl2F3N4O3/c1-3(21)18-11-4(20(22)23)2-17-19(11)10-6(13)7(14)5(12)8(15)9(10)16/h2H,1H3,(H,18,21). The molecule has 0 radical (unpaired) electrons. The van der Waals surface area contributed by atoms with E-state index in [0.29, 0.717) is 10.9 Å². The van der Waals surface area contributed by atoms with Crippen LogP contribution in [0.25, 0.3) is 5.69 Å². The zero-order valence-electron chi connectivity index (χ0n) is 11.0. The van der Waals surface area contributed by atoms with Crippen LogP contribution in [0.1, 0.15) is 6.92 Å². The number of carbonyl (C=O) groups excluding carboxylic acids is 1. The van der Waals surface area contributed by atoms with Gasteiger partial charge in [0.25, 0.3) is 0 Å². The number of carbonyl (C=O) groups is 1. The van der Waals surface area contributed by atoms with Crippen LogP contribution in [0, 0.1) is 27.6 Å². The Kier molecular flexibility index (Phi) is 4.48. The van der Waals surface area contributed by atoms with Crippen molar-refractivity contribution >= 4 is 40.6 Å². The normalized spacial score (nSPS) is 10.7. The second kappa shape index (κ2) is 6.05. The van der Waals surface area contributed by atoms with Gasteiger partial charge < -0.3 is 5.32 Å². The predicted molar refractivity (Wildman–Crippen MR) is 74.4 cm³/mol. The minimum atomic E-state index is -1.75. The minimum absolute atomic E-state index is 0.402. The van der Waals surface area contributed by atoms with Crippen molar-refractivity contribution in [2.24, 2.45) is 0 Å². The molecule has 0 aliphatic heterocycles. The molecule has 2 aromatic rings. The van der Waals surface area contributed by atoms with Crippen molar-refractivity contribution < 1.29 is 22.9 Å². The van der Waals surface area contributed by atoms with E-state index in [-0.39, 0.29) is 0 Å². The van der Waals surface area contributed by atoms with Crippen molar-refractivity contribution in [3.05, 3.63) is 43.8 Å². The molecule has 12 heteroatoms. The summed E-state index contributed by atoms with van der Waals surface area (Å²) in [5, 5.41) is 14.2. The van der Waals surface area contributed by atoms with E-state index in [4.69, 9.17) is 23.2 Å². The highest BCUT2D eigenvalue weighted by molar-refractivity contribution is 6.36. The minimum Gasteiger partial charge on any atom is -0.305 e. The molecule has 0 saturated heterocycles. The summed E-state index contributed by atoms with van der Waals surface area (Å²) in [6.07, 6.45) is 0.658. The van der Waals surface area contributed by atoms with E-state index in [1.165, 1.54) is 0 Å². The van der Waals surface area contributed by atoms with Crippen molar-refractivity contribution in [2.45, 2.75) is 6.92 Å². The molecule has 122 valence electrons. The Labute approximate surface area is 135 Å². The highest BCUT2D eigenvalue weighted by atomic mass is 35.5. The smallest absolute Gasteiger partial charge is 0.305 e. The lowest BCUT2D eigenvalue weighted by molar-refractivity contribution is -0.384. The summed E-state index contributed by atoms with van der Waals surface area (Å²) in [6.45, 7) is 1.02. The summed E-state index contributed by atoms with van der Waals surface area (Å²) in [5.74, 6) is -6.30. The van der Waals surface area contributed by atoms with Crippen molar-refractivity contribution in [1.82, 2.24) is 9.78 Å². The maximum absolute atomic E-state index is 14.1. The number of hydrogen-bond acceptors (Lipinski definition) is 4. The van der Waals surface area contributed by atoms with Crippen LogP contribution in [0.2, 0.25) is 10.0 Å². The molecule has 1 aromatic carbocycles. The van der Waals surface area contributed by atoms with Crippen LogP contribution >= 0.6 is 23.2 Å². The number of aromatic nitrogens is 2. The molecule has 0 aliphatic rings. The van der Waals surface area contributed by atoms with Crippen LogP contribution in [0.15, 0.2) is 6.20 Å². The van der Waals surface area contributed by atoms with Crippen LogP contribution in [-0.2, 0) is 4.79 Å². The third-order valence-electron chi connectivity index (χ3n) is 2.64. The Bertz CT molecular complexity index is 811. The van der Waals surface area contributed by atoms with Gasteiger partial charge in [0.1, 0.15) is 21.9 Å². The third-order valence-corrected chi connectivity index (χ3v) is 3.32. The van der Waals surface area contributed by atoms with Crippen LogP contribution in [0.5, 0.6) is 0 Å². The largest absolute Gasteiger partial charge is 0.331 e. The zero-order chi connectivity index (χ0) is 17.5. The third kappa shape index (κ3) is 2.82. The van der Waals surface area contributed by atoms with Gasteiger partial charge in [-0.1, -0.05) is 23.2 Å². The molecule has 1 amide bonds. The first-order valence-corrected chi connectivity index (χ1v) is 6.44. The first-order chi connectivity index (χ1) is 10.7. The summed E-state index contributed by atoms with van der Waals surface area (Å²) in [7, 11) is 0. The number of rotatable bonds is 3. The van der Waals surface area contributed by atoms with E-state index in [1.807, 2.05) is 5.32 Å². The molecule has 0 fully saturated rings. The van der Waals surface area contributed by atoms with E-state index >= 15 is 0 Å². The van der Waals surface area contributed by atoms with Crippen LogP contribution in [0.3, 0.4) is 0 Å². The quantitative estimate of drug-likeness (QED) is 0.388. The Morgan fingerprint density at radius 2 is 1.87 bits per heavy atom. The topological polar surface area (TPSA) is 90.1 Å². The number of nitrogens with zero attached hydrogens (tertiary/aromatic N) is 3. The number of hydrogen-bond donors (Lipinski definition) is 1. The number of nitrogens with one attached hydrogen (secondary N) is 1. The number of benzene rings is 1. The van der Waals surface area contributed by atoms with Gasteiger partial charge in [-0.3, -0.25) is 14.9 Å². The molecule has 2 rings (SSSR count). The number of halogens is 5. The van der Waals surface area contributed by atoms with E-state index in [1.54, 1.807) is 0 Å². The van der Waals surface area contributed by atoms with Crippen LogP contribution in [-0.4, -0.2) is 20.6 Å². The fourth-order valence-corrected chi connectivity index (χ4v) is 2.19. The molecular weight excluding hydrogens is 364 g/mol. The van der Waals surface area contributed by atoms with Crippen molar-refractivity contribution in [3.8, 4) is 5.69 Å². The molecule has 0 atom stereocenters. The zero-order valence-corrected chi connectivity index (χ0v) is 12.5. The molecule has 0 spiro atoms. The summed E-state index contributed by atoms with van der Waals surface area (Å²) in [5.41, 5.74) is -1.70. The maximum Gasteiger partial charge on any atom is 0.331 e. The first-order valence-electron chi connectivity index (χ1n) is 5.68. The van der Waals surface area contributed by atoms with Crippen LogP contribution in [0.4, 0.5) is 24.7 Å². The van der Waals surface area contributed by atoms with Crippen molar-refractivity contribution in [3.63, 3.8) is 0 Å².